The minimum absolute atomic E-state index is 0.304. The zero-order valence-electron chi connectivity index (χ0n) is 18.0. The first-order valence-electron chi connectivity index (χ1n) is 10.7. The van der Waals surface area contributed by atoms with Crippen LogP contribution in [-0.4, -0.2) is 5.37 Å². The van der Waals surface area contributed by atoms with Gasteiger partial charge in [0, 0.05) is 5.37 Å². The van der Waals surface area contributed by atoms with Gasteiger partial charge in [-0.1, -0.05) is 96.5 Å². The number of thiocarbonyl (C=S) groups is 1. The maximum absolute atomic E-state index is 5.40. The third kappa shape index (κ3) is 2.42. The van der Waals surface area contributed by atoms with Crippen LogP contribution in [-0.2, 0) is 5.41 Å². The molecule has 148 valence electrons. The van der Waals surface area contributed by atoms with Crippen molar-refractivity contribution in [3.63, 3.8) is 0 Å². The van der Waals surface area contributed by atoms with E-state index in [0.717, 1.165) is 6.42 Å². The van der Waals surface area contributed by atoms with Crippen molar-refractivity contribution in [2.45, 2.75) is 39.5 Å². The van der Waals surface area contributed by atoms with E-state index in [-0.39, 0.29) is 5.41 Å². The quantitative estimate of drug-likeness (QED) is 0.311. The monoisotopic (exact) mass is 406 g/mol. The van der Waals surface area contributed by atoms with Gasteiger partial charge in [0.15, 0.2) is 0 Å². The van der Waals surface area contributed by atoms with E-state index < -0.39 is 0 Å². The SMILES string of the molecule is CC/C=C1\C(=C/C=S)C2(c3ccc(C)cc31)c1cc(C)ccc1-c1ccc(C)cc12. The van der Waals surface area contributed by atoms with Gasteiger partial charge in [0.25, 0.3) is 0 Å². The van der Waals surface area contributed by atoms with Gasteiger partial charge in [-0.15, -0.1) is 0 Å². The van der Waals surface area contributed by atoms with E-state index >= 15 is 0 Å². The molecule has 0 aliphatic heterocycles. The van der Waals surface area contributed by atoms with Crippen LogP contribution in [0.3, 0.4) is 0 Å². The van der Waals surface area contributed by atoms with E-state index in [1.54, 1.807) is 5.37 Å². The summed E-state index contributed by atoms with van der Waals surface area (Å²) in [6.07, 6.45) is 5.55. The molecule has 0 bridgehead atoms. The second-order valence-corrected chi connectivity index (χ2v) is 8.91. The van der Waals surface area contributed by atoms with Gasteiger partial charge >= 0.3 is 0 Å². The summed E-state index contributed by atoms with van der Waals surface area (Å²) in [5, 5.41) is 1.79. The highest BCUT2D eigenvalue weighted by Crippen LogP contribution is 2.63. The van der Waals surface area contributed by atoms with Gasteiger partial charge in [-0.25, -0.2) is 0 Å². The van der Waals surface area contributed by atoms with Crippen molar-refractivity contribution in [3.05, 3.63) is 111 Å². The predicted octanol–water partition coefficient (Wildman–Crippen LogP) is 7.66. The molecule has 0 radical (unpaired) electrons. The molecule has 1 heteroatoms. The van der Waals surface area contributed by atoms with E-state index in [1.807, 2.05) is 0 Å². The fraction of sp³-hybridized carbons (Fsp3) is 0.207. The summed E-state index contributed by atoms with van der Waals surface area (Å²) in [6, 6.07) is 20.8. The summed E-state index contributed by atoms with van der Waals surface area (Å²) in [4.78, 5) is 0. The van der Waals surface area contributed by atoms with Crippen molar-refractivity contribution >= 4 is 23.2 Å². The van der Waals surface area contributed by atoms with Crippen molar-refractivity contribution in [2.24, 2.45) is 0 Å². The molecule has 0 saturated heterocycles. The largest absolute Gasteiger partial charge is 0.0887 e. The summed E-state index contributed by atoms with van der Waals surface area (Å²) < 4.78 is 0. The lowest BCUT2D eigenvalue weighted by Gasteiger charge is -2.31. The number of aryl methyl sites for hydroxylation is 3. The van der Waals surface area contributed by atoms with E-state index in [1.165, 1.54) is 61.2 Å². The topological polar surface area (TPSA) is 0 Å². The molecule has 3 aromatic carbocycles. The van der Waals surface area contributed by atoms with Crippen LogP contribution in [0.25, 0.3) is 16.7 Å². The van der Waals surface area contributed by atoms with Crippen LogP contribution in [0.15, 0.2) is 72.3 Å². The zero-order valence-corrected chi connectivity index (χ0v) is 18.9. The first-order chi connectivity index (χ1) is 14.5. The highest BCUT2D eigenvalue weighted by Gasteiger charge is 2.53. The molecule has 0 unspecified atom stereocenters. The molecule has 0 heterocycles. The van der Waals surface area contributed by atoms with Gasteiger partial charge in [-0.05, 0) is 77.8 Å². The lowest BCUT2D eigenvalue weighted by Crippen LogP contribution is -2.26. The Balaban J connectivity index is 2.02. The van der Waals surface area contributed by atoms with Crippen LogP contribution < -0.4 is 0 Å². The molecule has 1 spiro atoms. The number of allylic oxidation sites excluding steroid dienone is 4. The number of hydrogen-bond acceptors (Lipinski definition) is 1. The first kappa shape index (κ1) is 19.2. The van der Waals surface area contributed by atoms with E-state index in [2.05, 4.69) is 94.4 Å². The first-order valence-corrected chi connectivity index (χ1v) is 11.2. The summed E-state index contributed by atoms with van der Waals surface area (Å²) >= 11 is 5.40. The smallest absolute Gasteiger partial charge is 0.0725 e. The zero-order chi connectivity index (χ0) is 21.0. The molecule has 0 aromatic heterocycles. The molecular weight excluding hydrogens is 380 g/mol. The third-order valence-electron chi connectivity index (χ3n) is 6.65. The van der Waals surface area contributed by atoms with E-state index in [0.29, 0.717) is 0 Å². The van der Waals surface area contributed by atoms with Crippen LogP contribution in [0.5, 0.6) is 0 Å². The number of benzene rings is 3. The van der Waals surface area contributed by atoms with Gasteiger partial charge in [0.1, 0.15) is 0 Å². The van der Waals surface area contributed by atoms with Gasteiger partial charge in [0.2, 0.25) is 0 Å². The van der Waals surface area contributed by atoms with Gasteiger partial charge in [0.05, 0.1) is 5.41 Å². The second kappa shape index (κ2) is 6.89. The normalized spacial score (nSPS) is 18.0. The molecule has 30 heavy (non-hydrogen) atoms. The predicted molar refractivity (Wildman–Crippen MR) is 132 cm³/mol. The van der Waals surface area contributed by atoms with Gasteiger partial charge < -0.3 is 0 Å². The summed E-state index contributed by atoms with van der Waals surface area (Å²) in [5.74, 6) is 0. The molecular formula is C29H26S. The molecule has 2 aliphatic carbocycles. The van der Waals surface area contributed by atoms with Crippen LogP contribution in [0.1, 0.15) is 52.3 Å². The maximum Gasteiger partial charge on any atom is 0.0725 e. The number of rotatable bonds is 2. The summed E-state index contributed by atoms with van der Waals surface area (Å²) in [7, 11) is 0. The lowest BCUT2D eigenvalue weighted by molar-refractivity contribution is 0.793. The number of fused-ring (bicyclic) bond motifs is 7. The number of hydrogen-bond donors (Lipinski definition) is 0. The molecule has 3 aromatic rings. The third-order valence-corrected chi connectivity index (χ3v) is 6.79. The Bertz CT molecular complexity index is 1220. The van der Waals surface area contributed by atoms with Crippen molar-refractivity contribution in [2.75, 3.05) is 0 Å². The van der Waals surface area contributed by atoms with Crippen LogP contribution in [0.4, 0.5) is 0 Å². The molecule has 5 rings (SSSR count). The van der Waals surface area contributed by atoms with Gasteiger partial charge in [-0.3, -0.25) is 0 Å². The molecule has 0 amide bonds. The molecule has 0 saturated carbocycles. The average Bonchev–Trinajstić information content (AvgIpc) is 3.14. The Hall–Kier alpha value is -2.77. The molecule has 0 atom stereocenters. The van der Waals surface area contributed by atoms with Crippen molar-refractivity contribution in [1.29, 1.82) is 0 Å². The highest BCUT2D eigenvalue weighted by atomic mass is 32.1. The molecule has 0 nitrogen and oxygen atoms in total. The Labute approximate surface area is 185 Å². The highest BCUT2D eigenvalue weighted by molar-refractivity contribution is 7.79. The van der Waals surface area contributed by atoms with Crippen molar-refractivity contribution < 1.29 is 0 Å². The Morgan fingerprint density at radius 1 is 0.733 bits per heavy atom. The summed E-state index contributed by atoms with van der Waals surface area (Å²) in [5.41, 5.74) is 14.4. The van der Waals surface area contributed by atoms with Crippen molar-refractivity contribution in [1.82, 2.24) is 0 Å². The van der Waals surface area contributed by atoms with Crippen LogP contribution in [0.2, 0.25) is 0 Å². The van der Waals surface area contributed by atoms with Gasteiger partial charge in [-0.2, -0.15) is 0 Å². The van der Waals surface area contributed by atoms with E-state index in [4.69, 9.17) is 12.2 Å². The second-order valence-electron chi connectivity index (χ2n) is 8.64. The minimum atomic E-state index is -0.304. The van der Waals surface area contributed by atoms with E-state index in [9.17, 15) is 0 Å². The fourth-order valence-corrected chi connectivity index (χ4v) is 5.67. The average molecular weight is 407 g/mol. The molecule has 0 N–H and O–H groups in total. The fourth-order valence-electron chi connectivity index (χ4n) is 5.54. The van der Waals surface area contributed by atoms with Crippen LogP contribution in [0, 0.1) is 20.8 Å². The van der Waals surface area contributed by atoms with Crippen LogP contribution >= 0.6 is 12.2 Å². The Morgan fingerprint density at radius 2 is 1.30 bits per heavy atom. The Morgan fingerprint density at radius 3 is 1.87 bits per heavy atom. The maximum atomic E-state index is 5.40. The molecule has 0 fully saturated rings. The Kier molecular flexibility index (Phi) is 4.41. The standard InChI is InChI=1S/C29H26S/c1-5-6-21-24-15-18(2)9-12-25(24)29(26(21)13-14-30)27-16-19(3)7-10-22(27)23-11-8-20(4)17-28(23)29/h6-17H,5H2,1-4H3/b21-6-,26-13+. The molecule has 2 aliphatic rings. The lowest BCUT2D eigenvalue weighted by atomic mass is 9.69. The minimum Gasteiger partial charge on any atom is -0.0887 e. The van der Waals surface area contributed by atoms with Crippen molar-refractivity contribution in [3.8, 4) is 11.1 Å². The summed E-state index contributed by atoms with van der Waals surface area (Å²) in [6.45, 7) is 8.78.